The standard InChI is InChI=1S/C12H14F2O3/c1-16-9-6-8(12(15)3-4-12)10(17-2)5-7(9)11(13)14/h5-6,11,15H,3-4H2,1-2H3. The minimum absolute atomic E-state index is 0.0797. The highest BCUT2D eigenvalue weighted by atomic mass is 19.3. The Balaban J connectivity index is 2.53. The van der Waals surface area contributed by atoms with E-state index in [0.717, 1.165) is 0 Å². The van der Waals surface area contributed by atoms with Crippen LogP contribution < -0.4 is 9.47 Å². The van der Waals surface area contributed by atoms with Gasteiger partial charge in [-0.15, -0.1) is 0 Å². The van der Waals surface area contributed by atoms with Crippen molar-refractivity contribution in [2.75, 3.05) is 14.2 Å². The van der Waals surface area contributed by atoms with Crippen LogP contribution in [0.1, 0.15) is 30.4 Å². The maximum atomic E-state index is 12.8. The van der Waals surface area contributed by atoms with Gasteiger partial charge in [-0.2, -0.15) is 0 Å². The van der Waals surface area contributed by atoms with Gasteiger partial charge in [0, 0.05) is 5.56 Å². The topological polar surface area (TPSA) is 38.7 Å². The quantitative estimate of drug-likeness (QED) is 0.884. The van der Waals surface area contributed by atoms with Crippen molar-refractivity contribution in [1.82, 2.24) is 0 Å². The first-order chi connectivity index (χ1) is 8.01. The molecule has 0 amide bonds. The molecule has 1 saturated carbocycles. The first-order valence-corrected chi connectivity index (χ1v) is 5.29. The fraction of sp³-hybridized carbons (Fsp3) is 0.500. The number of alkyl halides is 2. The van der Waals surface area contributed by atoms with Gasteiger partial charge in [-0.25, -0.2) is 8.78 Å². The monoisotopic (exact) mass is 244 g/mol. The number of ether oxygens (including phenoxy) is 2. The molecule has 1 fully saturated rings. The minimum atomic E-state index is -2.64. The number of hydrogen-bond acceptors (Lipinski definition) is 3. The molecule has 0 bridgehead atoms. The summed E-state index contributed by atoms with van der Waals surface area (Å²) in [5, 5.41) is 10.0. The Hall–Kier alpha value is -1.36. The number of hydrogen-bond donors (Lipinski definition) is 1. The van der Waals surface area contributed by atoms with Crippen LogP contribution in [0, 0.1) is 0 Å². The summed E-state index contributed by atoms with van der Waals surface area (Å²) in [6, 6.07) is 2.67. The third kappa shape index (κ3) is 2.07. The van der Waals surface area contributed by atoms with Crippen molar-refractivity contribution in [1.29, 1.82) is 0 Å². The second kappa shape index (κ2) is 4.14. The summed E-state index contributed by atoms with van der Waals surface area (Å²) < 4.78 is 35.5. The molecule has 0 radical (unpaired) electrons. The van der Waals surface area contributed by atoms with Crippen LogP contribution in [-0.4, -0.2) is 19.3 Å². The van der Waals surface area contributed by atoms with Gasteiger partial charge >= 0.3 is 0 Å². The van der Waals surface area contributed by atoms with E-state index in [1.54, 1.807) is 0 Å². The molecule has 94 valence electrons. The summed E-state index contributed by atoms with van der Waals surface area (Å²) >= 11 is 0. The summed E-state index contributed by atoms with van der Waals surface area (Å²) in [7, 11) is 2.72. The molecular weight excluding hydrogens is 230 g/mol. The summed E-state index contributed by atoms with van der Waals surface area (Å²) in [4.78, 5) is 0. The van der Waals surface area contributed by atoms with Gasteiger partial charge in [0.25, 0.3) is 6.43 Å². The molecule has 1 aromatic rings. The van der Waals surface area contributed by atoms with E-state index in [4.69, 9.17) is 9.47 Å². The fourth-order valence-corrected chi connectivity index (χ4v) is 1.84. The molecule has 17 heavy (non-hydrogen) atoms. The van der Waals surface area contributed by atoms with Gasteiger partial charge in [0.2, 0.25) is 0 Å². The molecule has 1 N–H and O–H groups in total. The number of aliphatic hydroxyl groups is 1. The molecule has 3 nitrogen and oxygen atoms in total. The van der Waals surface area contributed by atoms with Gasteiger partial charge in [0.15, 0.2) is 0 Å². The smallest absolute Gasteiger partial charge is 0.267 e. The highest BCUT2D eigenvalue weighted by Gasteiger charge is 2.45. The molecule has 1 aliphatic carbocycles. The van der Waals surface area contributed by atoms with E-state index in [1.165, 1.54) is 26.4 Å². The molecule has 0 spiro atoms. The van der Waals surface area contributed by atoms with E-state index in [2.05, 4.69) is 0 Å². The Labute approximate surface area is 98.0 Å². The molecule has 0 saturated heterocycles. The van der Waals surface area contributed by atoms with E-state index in [1.807, 2.05) is 0 Å². The second-order valence-electron chi connectivity index (χ2n) is 4.13. The Morgan fingerprint density at radius 2 is 1.76 bits per heavy atom. The van der Waals surface area contributed by atoms with Gasteiger partial charge in [0.05, 0.1) is 25.4 Å². The number of rotatable bonds is 4. The number of halogens is 2. The summed E-state index contributed by atoms with van der Waals surface area (Å²) in [6.45, 7) is 0. The molecule has 0 unspecified atom stereocenters. The van der Waals surface area contributed by atoms with Crippen molar-refractivity contribution in [3.8, 4) is 11.5 Å². The molecule has 2 rings (SSSR count). The Morgan fingerprint density at radius 3 is 2.18 bits per heavy atom. The molecular formula is C12H14F2O3. The predicted molar refractivity (Wildman–Crippen MR) is 57.6 cm³/mol. The van der Waals surface area contributed by atoms with Crippen molar-refractivity contribution in [2.45, 2.75) is 24.9 Å². The Kier molecular flexibility index (Phi) is 2.95. The molecule has 0 heterocycles. The zero-order chi connectivity index (χ0) is 12.6. The molecule has 1 aliphatic rings. The third-order valence-electron chi connectivity index (χ3n) is 3.01. The van der Waals surface area contributed by atoms with Crippen molar-refractivity contribution >= 4 is 0 Å². The third-order valence-corrected chi connectivity index (χ3v) is 3.01. The number of methoxy groups -OCH3 is 2. The van der Waals surface area contributed by atoms with Gasteiger partial charge in [0.1, 0.15) is 11.5 Å². The van der Waals surface area contributed by atoms with Crippen LogP contribution in [0.3, 0.4) is 0 Å². The Bertz CT molecular complexity index is 428. The lowest BCUT2D eigenvalue weighted by molar-refractivity contribution is 0.140. The molecule has 1 aromatic carbocycles. The largest absolute Gasteiger partial charge is 0.496 e. The van der Waals surface area contributed by atoms with Crippen molar-refractivity contribution < 1.29 is 23.4 Å². The van der Waals surface area contributed by atoms with Gasteiger partial charge < -0.3 is 14.6 Å². The second-order valence-corrected chi connectivity index (χ2v) is 4.13. The van der Waals surface area contributed by atoms with Gasteiger partial charge in [-0.05, 0) is 25.0 Å². The highest BCUT2D eigenvalue weighted by molar-refractivity contribution is 5.51. The average molecular weight is 244 g/mol. The number of benzene rings is 1. The van der Waals surface area contributed by atoms with Crippen molar-refractivity contribution in [3.05, 3.63) is 23.3 Å². The fourth-order valence-electron chi connectivity index (χ4n) is 1.84. The van der Waals surface area contributed by atoms with E-state index in [-0.39, 0.29) is 17.1 Å². The SMILES string of the molecule is COc1cc(C2(O)CC2)c(OC)cc1C(F)F. The summed E-state index contributed by atoms with van der Waals surface area (Å²) in [5.41, 5.74) is -0.655. The van der Waals surface area contributed by atoms with Crippen LogP contribution in [0.5, 0.6) is 11.5 Å². The van der Waals surface area contributed by atoms with Gasteiger partial charge in [-0.1, -0.05) is 0 Å². The van der Waals surface area contributed by atoms with E-state index in [9.17, 15) is 13.9 Å². The zero-order valence-corrected chi connectivity index (χ0v) is 9.67. The van der Waals surface area contributed by atoms with Crippen LogP contribution in [-0.2, 0) is 5.60 Å². The molecule has 0 atom stereocenters. The minimum Gasteiger partial charge on any atom is -0.496 e. The molecule has 0 aliphatic heterocycles. The summed E-state index contributed by atoms with van der Waals surface area (Å²) in [5.74, 6) is 0.359. The lowest BCUT2D eigenvalue weighted by atomic mass is 10.0. The van der Waals surface area contributed by atoms with E-state index >= 15 is 0 Å². The van der Waals surface area contributed by atoms with E-state index < -0.39 is 12.0 Å². The first-order valence-electron chi connectivity index (χ1n) is 5.29. The molecule has 0 aromatic heterocycles. The lowest BCUT2D eigenvalue weighted by Crippen LogP contribution is -2.08. The van der Waals surface area contributed by atoms with Crippen molar-refractivity contribution in [3.63, 3.8) is 0 Å². The van der Waals surface area contributed by atoms with Crippen LogP contribution in [0.2, 0.25) is 0 Å². The van der Waals surface area contributed by atoms with Crippen LogP contribution in [0.15, 0.2) is 12.1 Å². The van der Waals surface area contributed by atoms with Crippen LogP contribution in [0.4, 0.5) is 8.78 Å². The van der Waals surface area contributed by atoms with Gasteiger partial charge in [-0.3, -0.25) is 0 Å². The Morgan fingerprint density at radius 1 is 1.18 bits per heavy atom. The normalized spacial score (nSPS) is 17.1. The lowest BCUT2D eigenvalue weighted by Gasteiger charge is -2.17. The maximum Gasteiger partial charge on any atom is 0.267 e. The highest BCUT2D eigenvalue weighted by Crippen LogP contribution is 2.51. The van der Waals surface area contributed by atoms with Crippen molar-refractivity contribution in [2.24, 2.45) is 0 Å². The maximum absolute atomic E-state index is 12.8. The zero-order valence-electron chi connectivity index (χ0n) is 9.67. The predicted octanol–water partition coefficient (Wildman–Crippen LogP) is 2.62. The summed E-state index contributed by atoms with van der Waals surface area (Å²) in [6.07, 6.45) is -1.41. The first kappa shape index (κ1) is 12.1. The van der Waals surface area contributed by atoms with E-state index in [0.29, 0.717) is 18.4 Å². The average Bonchev–Trinajstić information content (AvgIpc) is 3.06. The van der Waals surface area contributed by atoms with Crippen LogP contribution in [0.25, 0.3) is 0 Å². The molecule has 5 heteroatoms. The van der Waals surface area contributed by atoms with Crippen LogP contribution >= 0.6 is 0 Å².